The number of halogens is 1. The van der Waals surface area contributed by atoms with Crippen molar-refractivity contribution < 1.29 is 14.6 Å². The van der Waals surface area contributed by atoms with Crippen LogP contribution >= 0.6 is 11.6 Å². The molecule has 1 aromatic carbocycles. The zero-order valence-corrected chi connectivity index (χ0v) is 10.7. The largest absolute Gasteiger partial charge is 0.507 e. The van der Waals surface area contributed by atoms with Gasteiger partial charge in [0.05, 0.1) is 12.7 Å². The van der Waals surface area contributed by atoms with Crippen molar-refractivity contribution in [1.29, 1.82) is 0 Å². The van der Waals surface area contributed by atoms with E-state index in [0.717, 1.165) is 0 Å². The molecule has 1 N–H and O–H groups in total. The van der Waals surface area contributed by atoms with E-state index in [1.807, 2.05) is 6.92 Å². The van der Waals surface area contributed by atoms with Crippen molar-refractivity contribution in [2.75, 3.05) is 26.1 Å². The molecule has 0 spiro atoms. The van der Waals surface area contributed by atoms with Crippen LogP contribution in [0.3, 0.4) is 0 Å². The van der Waals surface area contributed by atoms with E-state index in [0.29, 0.717) is 24.7 Å². The van der Waals surface area contributed by atoms with E-state index < -0.39 is 0 Å². The molecule has 0 aliphatic rings. The summed E-state index contributed by atoms with van der Waals surface area (Å²) in [6.45, 7) is 2.86. The van der Waals surface area contributed by atoms with Gasteiger partial charge in [-0.1, -0.05) is 0 Å². The first-order chi connectivity index (χ1) is 8.13. The fraction of sp³-hybridized carbons (Fsp3) is 0.417. The van der Waals surface area contributed by atoms with Gasteiger partial charge in [-0.15, -0.1) is 11.6 Å². The number of ether oxygens (including phenoxy) is 1. The molecule has 4 nitrogen and oxygen atoms in total. The predicted molar refractivity (Wildman–Crippen MR) is 67.0 cm³/mol. The minimum atomic E-state index is -0.246. The first kappa shape index (κ1) is 13.6. The topological polar surface area (TPSA) is 49.8 Å². The quantitative estimate of drug-likeness (QED) is 0.822. The third-order valence-corrected chi connectivity index (χ3v) is 2.63. The molecule has 0 saturated carbocycles. The molecule has 0 atom stereocenters. The zero-order valence-electron chi connectivity index (χ0n) is 9.94. The fourth-order valence-corrected chi connectivity index (χ4v) is 1.69. The van der Waals surface area contributed by atoms with Crippen LogP contribution in [0.25, 0.3) is 0 Å². The van der Waals surface area contributed by atoms with Crippen molar-refractivity contribution in [1.82, 2.24) is 4.90 Å². The van der Waals surface area contributed by atoms with E-state index in [9.17, 15) is 9.90 Å². The van der Waals surface area contributed by atoms with Crippen LogP contribution in [0, 0.1) is 0 Å². The number of nitrogens with zero attached hydrogens (tertiary/aromatic N) is 1. The highest BCUT2D eigenvalue weighted by atomic mass is 35.5. The smallest absolute Gasteiger partial charge is 0.257 e. The number of benzene rings is 1. The van der Waals surface area contributed by atoms with Crippen LogP contribution in [0.2, 0.25) is 0 Å². The van der Waals surface area contributed by atoms with E-state index in [4.69, 9.17) is 16.3 Å². The number of methoxy groups -OCH3 is 1. The molecule has 17 heavy (non-hydrogen) atoms. The van der Waals surface area contributed by atoms with Crippen LogP contribution in [-0.4, -0.2) is 42.0 Å². The van der Waals surface area contributed by atoms with Crippen LogP contribution in [0.4, 0.5) is 0 Å². The van der Waals surface area contributed by atoms with Crippen LogP contribution < -0.4 is 4.74 Å². The summed E-state index contributed by atoms with van der Waals surface area (Å²) in [6.07, 6.45) is 0. The Balaban J connectivity index is 3.01. The minimum absolute atomic E-state index is 0.0520. The SMILES string of the molecule is CCN(CCCl)C(=O)c1cc(OC)ccc1O. The van der Waals surface area contributed by atoms with Gasteiger partial charge in [0.25, 0.3) is 5.91 Å². The van der Waals surface area contributed by atoms with E-state index in [1.165, 1.54) is 19.2 Å². The van der Waals surface area contributed by atoms with E-state index in [2.05, 4.69) is 0 Å². The fourth-order valence-electron chi connectivity index (χ4n) is 1.49. The van der Waals surface area contributed by atoms with E-state index >= 15 is 0 Å². The maximum Gasteiger partial charge on any atom is 0.257 e. The molecule has 0 unspecified atom stereocenters. The second-order valence-corrected chi connectivity index (χ2v) is 3.83. The Hall–Kier alpha value is -1.42. The van der Waals surface area contributed by atoms with E-state index in [-0.39, 0.29) is 17.2 Å². The Kier molecular flexibility index (Phi) is 5.10. The second-order valence-electron chi connectivity index (χ2n) is 3.46. The minimum Gasteiger partial charge on any atom is -0.507 e. The van der Waals surface area contributed by atoms with Gasteiger partial charge in [-0.25, -0.2) is 0 Å². The third-order valence-electron chi connectivity index (χ3n) is 2.46. The molecular formula is C12H16ClNO3. The van der Waals surface area contributed by atoms with Gasteiger partial charge in [0.2, 0.25) is 0 Å². The molecule has 0 radical (unpaired) electrons. The lowest BCUT2D eigenvalue weighted by atomic mass is 10.1. The molecule has 0 bridgehead atoms. The number of rotatable bonds is 5. The molecule has 0 aromatic heterocycles. The van der Waals surface area contributed by atoms with Gasteiger partial charge >= 0.3 is 0 Å². The normalized spacial score (nSPS) is 10.1. The van der Waals surface area contributed by atoms with Crippen molar-refractivity contribution in [3.63, 3.8) is 0 Å². The second kappa shape index (κ2) is 6.35. The highest BCUT2D eigenvalue weighted by molar-refractivity contribution is 6.18. The number of hydrogen-bond donors (Lipinski definition) is 1. The molecule has 1 amide bonds. The van der Waals surface area contributed by atoms with Crippen LogP contribution in [0.1, 0.15) is 17.3 Å². The standard InChI is InChI=1S/C12H16ClNO3/c1-3-14(7-6-13)12(16)10-8-9(17-2)4-5-11(10)15/h4-5,8,15H,3,6-7H2,1-2H3. The molecule has 5 heteroatoms. The van der Waals surface area contributed by atoms with Crippen LogP contribution in [-0.2, 0) is 0 Å². The summed E-state index contributed by atoms with van der Waals surface area (Å²) in [6, 6.07) is 4.57. The van der Waals surface area contributed by atoms with Gasteiger partial charge in [0, 0.05) is 19.0 Å². The van der Waals surface area contributed by atoms with Crippen LogP contribution in [0.15, 0.2) is 18.2 Å². The average molecular weight is 258 g/mol. The number of alkyl halides is 1. The maximum absolute atomic E-state index is 12.1. The molecule has 0 aliphatic heterocycles. The summed E-state index contributed by atoms with van der Waals surface area (Å²) in [4.78, 5) is 13.7. The van der Waals surface area contributed by atoms with Crippen molar-refractivity contribution in [3.8, 4) is 11.5 Å². The van der Waals surface area contributed by atoms with Gasteiger partial charge < -0.3 is 14.7 Å². The Labute approximate surface area is 106 Å². The molecular weight excluding hydrogens is 242 g/mol. The Morgan fingerprint density at radius 3 is 2.76 bits per heavy atom. The van der Waals surface area contributed by atoms with Gasteiger partial charge in [0.1, 0.15) is 11.5 Å². The number of phenolic OH excluding ortho intramolecular Hbond substituents is 1. The third kappa shape index (κ3) is 3.27. The summed E-state index contributed by atoms with van der Waals surface area (Å²) in [5.41, 5.74) is 0.233. The molecule has 0 aliphatic carbocycles. The van der Waals surface area contributed by atoms with Crippen LogP contribution in [0.5, 0.6) is 11.5 Å². The van der Waals surface area contributed by atoms with Gasteiger partial charge in [-0.05, 0) is 25.1 Å². The van der Waals surface area contributed by atoms with Gasteiger partial charge in [0.15, 0.2) is 0 Å². The number of carbonyl (C=O) groups excluding carboxylic acids is 1. The summed E-state index contributed by atoms with van der Waals surface area (Å²) < 4.78 is 5.03. The lowest BCUT2D eigenvalue weighted by Gasteiger charge is -2.20. The van der Waals surface area contributed by atoms with Crippen molar-refractivity contribution in [2.45, 2.75) is 6.92 Å². The first-order valence-corrected chi connectivity index (χ1v) is 5.89. The predicted octanol–water partition coefficient (Wildman–Crippen LogP) is 2.10. The maximum atomic E-state index is 12.1. The van der Waals surface area contributed by atoms with Crippen molar-refractivity contribution in [3.05, 3.63) is 23.8 Å². The van der Waals surface area contributed by atoms with Crippen molar-refractivity contribution in [2.24, 2.45) is 0 Å². The lowest BCUT2D eigenvalue weighted by molar-refractivity contribution is 0.0770. The Morgan fingerprint density at radius 1 is 1.53 bits per heavy atom. The molecule has 0 saturated heterocycles. The monoisotopic (exact) mass is 257 g/mol. The van der Waals surface area contributed by atoms with Gasteiger partial charge in [-0.2, -0.15) is 0 Å². The average Bonchev–Trinajstić information content (AvgIpc) is 2.35. The van der Waals surface area contributed by atoms with E-state index in [1.54, 1.807) is 11.0 Å². The molecule has 1 rings (SSSR count). The Bertz CT molecular complexity index is 395. The number of phenols is 1. The molecule has 1 aromatic rings. The highest BCUT2D eigenvalue weighted by Crippen LogP contribution is 2.24. The Morgan fingerprint density at radius 2 is 2.24 bits per heavy atom. The number of hydrogen-bond acceptors (Lipinski definition) is 3. The summed E-state index contributed by atoms with van der Waals surface area (Å²) in [5, 5.41) is 9.68. The number of aromatic hydroxyl groups is 1. The van der Waals surface area contributed by atoms with Crippen molar-refractivity contribution >= 4 is 17.5 Å². The summed E-state index contributed by atoms with van der Waals surface area (Å²) in [7, 11) is 1.51. The molecule has 0 heterocycles. The lowest BCUT2D eigenvalue weighted by Crippen LogP contribution is -2.32. The summed E-state index contributed by atoms with van der Waals surface area (Å²) >= 11 is 5.62. The molecule has 94 valence electrons. The van der Waals surface area contributed by atoms with Gasteiger partial charge in [-0.3, -0.25) is 4.79 Å². The number of amides is 1. The highest BCUT2D eigenvalue weighted by Gasteiger charge is 2.17. The summed E-state index contributed by atoms with van der Waals surface area (Å²) in [5.74, 6) is 0.603. The first-order valence-electron chi connectivity index (χ1n) is 5.36. The molecule has 0 fully saturated rings. The zero-order chi connectivity index (χ0) is 12.8. The number of carbonyl (C=O) groups is 1.